The molecule has 2 aromatic heterocycles. The molecule has 26 heavy (non-hydrogen) atoms. The molecule has 0 fully saturated rings. The zero-order valence-corrected chi connectivity index (χ0v) is 15.7. The lowest BCUT2D eigenvalue weighted by molar-refractivity contribution is 0.587. The molecule has 1 N–H and O–H groups in total. The Hall–Kier alpha value is -2.80. The molecule has 3 aromatic rings. The van der Waals surface area contributed by atoms with E-state index in [1.54, 1.807) is 36.7 Å². The molecule has 6 nitrogen and oxygen atoms in total. The number of sulfonamides is 1. The second-order valence-corrected chi connectivity index (χ2v) is 8.56. The normalized spacial score (nSPS) is 12.0. The molecule has 0 radical (unpaired) electrons. The van der Waals surface area contributed by atoms with Crippen LogP contribution in [0.15, 0.2) is 66.0 Å². The van der Waals surface area contributed by atoms with E-state index >= 15 is 0 Å². The Bertz CT molecular complexity index is 996. The van der Waals surface area contributed by atoms with Crippen LogP contribution in [0.5, 0.6) is 0 Å². The monoisotopic (exact) mass is 368 g/mol. The van der Waals surface area contributed by atoms with Crippen LogP contribution in [0.4, 0.5) is 5.82 Å². The number of nitrogens with one attached hydrogen (secondary N) is 1. The van der Waals surface area contributed by atoms with Crippen LogP contribution in [0.2, 0.25) is 0 Å². The van der Waals surface area contributed by atoms with E-state index in [9.17, 15) is 8.42 Å². The van der Waals surface area contributed by atoms with Gasteiger partial charge in [0, 0.05) is 24.2 Å². The van der Waals surface area contributed by atoms with Gasteiger partial charge in [-0.3, -0.25) is 9.71 Å². The minimum atomic E-state index is -3.73. The number of anilines is 1. The number of rotatable bonds is 4. The van der Waals surface area contributed by atoms with Crippen molar-refractivity contribution in [2.45, 2.75) is 31.1 Å². The van der Waals surface area contributed by atoms with Crippen molar-refractivity contribution in [2.75, 3.05) is 4.72 Å². The largest absolute Gasteiger partial charge is 0.265 e. The van der Waals surface area contributed by atoms with Gasteiger partial charge in [0.15, 0.2) is 5.82 Å². The van der Waals surface area contributed by atoms with Gasteiger partial charge in [-0.15, -0.1) is 0 Å². The molecule has 0 saturated heterocycles. The van der Waals surface area contributed by atoms with Crippen LogP contribution in [-0.4, -0.2) is 23.4 Å². The third-order valence-corrected chi connectivity index (χ3v) is 5.23. The van der Waals surface area contributed by atoms with E-state index in [-0.39, 0.29) is 16.1 Å². The van der Waals surface area contributed by atoms with Gasteiger partial charge in [0.2, 0.25) is 0 Å². The maximum Gasteiger partial charge on any atom is 0.263 e. The average Bonchev–Trinajstić information content (AvgIpc) is 2.62. The van der Waals surface area contributed by atoms with Crippen molar-refractivity contribution < 1.29 is 8.42 Å². The molecule has 3 rings (SSSR count). The highest BCUT2D eigenvalue weighted by molar-refractivity contribution is 7.92. The quantitative estimate of drug-likeness (QED) is 0.760. The van der Waals surface area contributed by atoms with Gasteiger partial charge in [-0.25, -0.2) is 18.4 Å². The van der Waals surface area contributed by atoms with Gasteiger partial charge in [-0.1, -0.05) is 32.9 Å². The molecule has 0 atom stereocenters. The highest BCUT2D eigenvalue weighted by atomic mass is 32.2. The molecule has 7 heteroatoms. The summed E-state index contributed by atoms with van der Waals surface area (Å²) in [6, 6.07) is 11.9. The fraction of sp³-hybridized carbons (Fsp3) is 0.211. The SMILES string of the molecule is CC(C)(C)c1ccc(S(=O)(=O)Nc2ccnc(-c3ccncc3)n2)cc1. The molecule has 0 aliphatic rings. The van der Waals surface area contributed by atoms with Gasteiger partial charge in [-0.2, -0.15) is 0 Å². The van der Waals surface area contributed by atoms with E-state index in [1.165, 1.54) is 12.3 Å². The maximum atomic E-state index is 12.6. The summed E-state index contributed by atoms with van der Waals surface area (Å²) in [5, 5.41) is 0. The Kier molecular flexibility index (Phi) is 4.73. The zero-order chi connectivity index (χ0) is 18.8. The predicted molar refractivity (Wildman–Crippen MR) is 101 cm³/mol. The van der Waals surface area contributed by atoms with Crippen LogP contribution < -0.4 is 4.72 Å². The first-order valence-electron chi connectivity index (χ1n) is 8.12. The predicted octanol–water partition coefficient (Wildman–Crippen LogP) is 3.64. The molecule has 0 unspecified atom stereocenters. The number of hydrogen-bond acceptors (Lipinski definition) is 5. The van der Waals surface area contributed by atoms with Crippen molar-refractivity contribution in [2.24, 2.45) is 0 Å². The summed E-state index contributed by atoms with van der Waals surface area (Å²) < 4.78 is 27.8. The molecule has 0 amide bonds. The van der Waals surface area contributed by atoms with E-state index < -0.39 is 10.0 Å². The van der Waals surface area contributed by atoms with E-state index in [2.05, 4.69) is 40.4 Å². The van der Waals surface area contributed by atoms with E-state index in [1.807, 2.05) is 12.1 Å². The molecule has 1 aromatic carbocycles. The molecule has 0 saturated carbocycles. The highest BCUT2D eigenvalue weighted by Gasteiger charge is 2.18. The highest BCUT2D eigenvalue weighted by Crippen LogP contribution is 2.24. The summed E-state index contributed by atoms with van der Waals surface area (Å²) in [5.41, 5.74) is 1.79. The smallest absolute Gasteiger partial charge is 0.263 e. The fourth-order valence-electron chi connectivity index (χ4n) is 2.39. The summed E-state index contributed by atoms with van der Waals surface area (Å²) in [5.74, 6) is 0.641. The molecular weight excluding hydrogens is 348 g/mol. The Morgan fingerprint density at radius 2 is 1.54 bits per heavy atom. The van der Waals surface area contributed by atoms with Crippen LogP contribution in [-0.2, 0) is 15.4 Å². The molecule has 0 aliphatic carbocycles. The minimum absolute atomic E-state index is 0.0399. The fourth-order valence-corrected chi connectivity index (χ4v) is 3.39. The summed E-state index contributed by atoms with van der Waals surface area (Å²) >= 11 is 0. The van der Waals surface area contributed by atoms with Gasteiger partial charge in [0.05, 0.1) is 4.90 Å². The van der Waals surface area contributed by atoms with Gasteiger partial charge < -0.3 is 0 Å². The van der Waals surface area contributed by atoms with Crippen LogP contribution in [0, 0.1) is 0 Å². The first-order valence-corrected chi connectivity index (χ1v) is 9.61. The third-order valence-electron chi connectivity index (χ3n) is 3.86. The summed E-state index contributed by atoms with van der Waals surface area (Å²) in [4.78, 5) is 12.6. The molecular formula is C19H20N4O2S. The van der Waals surface area contributed by atoms with Crippen LogP contribution in [0.25, 0.3) is 11.4 Å². The number of hydrogen-bond donors (Lipinski definition) is 1. The average molecular weight is 368 g/mol. The molecule has 0 bridgehead atoms. The van der Waals surface area contributed by atoms with Crippen molar-refractivity contribution in [3.8, 4) is 11.4 Å². The van der Waals surface area contributed by atoms with Gasteiger partial charge >= 0.3 is 0 Å². The molecule has 0 aliphatic heterocycles. The zero-order valence-electron chi connectivity index (χ0n) is 14.8. The van der Waals surface area contributed by atoms with Crippen molar-refractivity contribution >= 4 is 15.8 Å². The first kappa shape index (κ1) is 18.0. The molecule has 2 heterocycles. The van der Waals surface area contributed by atoms with Crippen molar-refractivity contribution in [1.82, 2.24) is 15.0 Å². The number of benzene rings is 1. The lowest BCUT2D eigenvalue weighted by Crippen LogP contribution is -2.15. The number of aromatic nitrogens is 3. The van der Waals surface area contributed by atoms with Crippen LogP contribution in [0.3, 0.4) is 0 Å². The molecule has 134 valence electrons. The summed E-state index contributed by atoms with van der Waals surface area (Å²) in [6.45, 7) is 6.24. The van der Waals surface area contributed by atoms with Gasteiger partial charge in [0.25, 0.3) is 10.0 Å². The van der Waals surface area contributed by atoms with E-state index in [0.29, 0.717) is 5.82 Å². The first-order chi connectivity index (χ1) is 12.3. The Labute approximate surface area is 153 Å². The van der Waals surface area contributed by atoms with Crippen molar-refractivity contribution in [3.05, 3.63) is 66.6 Å². The van der Waals surface area contributed by atoms with Crippen LogP contribution in [0.1, 0.15) is 26.3 Å². The third kappa shape index (κ3) is 4.05. The lowest BCUT2D eigenvalue weighted by atomic mass is 9.87. The number of nitrogens with zero attached hydrogens (tertiary/aromatic N) is 3. The van der Waals surface area contributed by atoms with E-state index in [0.717, 1.165) is 11.1 Å². The second-order valence-electron chi connectivity index (χ2n) is 6.88. The minimum Gasteiger partial charge on any atom is -0.265 e. The summed E-state index contributed by atoms with van der Waals surface area (Å²) in [7, 11) is -3.73. The maximum absolute atomic E-state index is 12.6. The second kappa shape index (κ2) is 6.84. The Morgan fingerprint density at radius 3 is 2.15 bits per heavy atom. The lowest BCUT2D eigenvalue weighted by Gasteiger charge is -2.19. The number of pyridine rings is 1. The van der Waals surface area contributed by atoms with Gasteiger partial charge in [0.1, 0.15) is 5.82 Å². The topological polar surface area (TPSA) is 84.8 Å². The van der Waals surface area contributed by atoms with Crippen molar-refractivity contribution in [1.29, 1.82) is 0 Å². The Balaban J connectivity index is 1.86. The van der Waals surface area contributed by atoms with Crippen LogP contribution >= 0.6 is 0 Å². The standard InChI is InChI=1S/C19H20N4O2S/c1-19(2,3)15-4-6-16(7-5-15)26(24,25)23-17-10-13-21-18(22-17)14-8-11-20-12-9-14/h4-13H,1-3H3,(H,21,22,23). The van der Waals surface area contributed by atoms with E-state index in [4.69, 9.17) is 0 Å². The Morgan fingerprint density at radius 1 is 0.885 bits per heavy atom. The van der Waals surface area contributed by atoms with Crippen molar-refractivity contribution in [3.63, 3.8) is 0 Å². The molecule has 0 spiro atoms. The van der Waals surface area contributed by atoms with Gasteiger partial charge in [-0.05, 0) is 41.3 Å². The summed E-state index contributed by atoms with van der Waals surface area (Å²) in [6.07, 6.45) is 4.78.